The van der Waals surface area contributed by atoms with Crippen molar-refractivity contribution in [2.45, 2.75) is 0 Å². The van der Waals surface area contributed by atoms with Crippen LogP contribution in [-0.4, -0.2) is 26.2 Å². The van der Waals surface area contributed by atoms with Crippen LogP contribution in [0, 0.1) is 5.82 Å². The number of aromatic nitrogens is 1. The van der Waals surface area contributed by atoms with Crippen molar-refractivity contribution in [3.63, 3.8) is 0 Å². The highest BCUT2D eigenvalue weighted by molar-refractivity contribution is 5.59. The van der Waals surface area contributed by atoms with E-state index in [0.717, 1.165) is 11.4 Å². The number of nitrogens with one attached hydrogen (secondary N) is 1. The quantitative estimate of drug-likeness (QED) is 0.688. The third-order valence-electron chi connectivity index (χ3n) is 3.73. The minimum absolute atomic E-state index is 0.177. The minimum Gasteiger partial charge on any atom is -0.494 e. The lowest BCUT2D eigenvalue weighted by molar-refractivity contribution is 0.387. The highest BCUT2D eigenvalue weighted by atomic mass is 19.1. The standard InChI is InChI=1S/C20H20FN3O2/c1-24(2)15-5-4-6-16(12-15)26-17-8-10-20(22-13-17)23-14-7-9-18(21)19(11-14)25-3/h4-13H,1-3H3,(H,22,23). The summed E-state index contributed by atoms with van der Waals surface area (Å²) in [4.78, 5) is 6.33. The molecule has 3 rings (SSSR count). The number of methoxy groups -OCH3 is 1. The second-order valence-electron chi connectivity index (χ2n) is 5.85. The van der Waals surface area contributed by atoms with E-state index in [9.17, 15) is 4.39 Å². The Bertz CT molecular complexity index is 882. The van der Waals surface area contributed by atoms with Gasteiger partial charge in [0.1, 0.15) is 17.3 Å². The van der Waals surface area contributed by atoms with Gasteiger partial charge in [-0.15, -0.1) is 0 Å². The van der Waals surface area contributed by atoms with Gasteiger partial charge >= 0.3 is 0 Å². The normalized spacial score (nSPS) is 10.3. The maximum absolute atomic E-state index is 13.5. The van der Waals surface area contributed by atoms with E-state index in [1.165, 1.54) is 13.2 Å². The molecule has 6 heteroatoms. The number of nitrogens with zero attached hydrogens (tertiary/aromatic N) is 2. The molecule has 0 unspecified atom stereocenters. The smallest absolute Gasteiger partial charge is 0.165 e. The first-order valence-corrected chi connectivity index (χ1v) is 8.07. The fourth-order valence-electron chi connectivity index (χ4n) is 2.36. The monoisotopic (exact) mass is 353 g/mol. The van der Waals surface area contributed by atoms with Gasteiger partial charge in [0.15, 0.2) is 11.6 Å². The van der Waals surface area contributed by atoms with Gasteiger partial charge in [0.25, 0.3) is 0 Å². The van der Waals surface area contributed by atoms with Crippen LogP contribution in [0.4, 0.5) is 21.6 Å². The second-order valence-corrected chi connectivity index (χ2v) is 5.85. The first-order chi connectivity index (χ1) is 12.5. The molecule has 0 spiro atoms. The van der Waals surface area contributed by atoms with Gasteiger partial charge in [0, 0.05) is 37.6 Å². The molecule has 0 aliphatic heterocycles. The third kappa shape index (κ3) is 4.22. The minimum atomic E-state index is -0.408. The summed E-state index contributed by atoms with van der Waals surface area (Å²) in [6, 6.07) is 16.0. The van der Waals surface area contributed by atoms with Crippen LogP contribution < -0.4 is 19.7 Å². The van der Waals surface area contributed by atoms with Crippen molar-refractivity contribution in [3.8, 4) is 17.2 Å². The van der Waals surface area contributed by atoms with Crippen LogP contribution in [0.3, 0.4) is 0 Å². The molecule has 5 nitrogen and oxygen atoms in total. The highest BCUT2D eigenvalue weighted by Gasteiger charge is 2.05. The molecule has 0 atom stereocenters. The number of ether oxygens (including phenoxy) is 2. The maximum Gasteiger partial charge on any atom is 0.165 e. The van der Waals surface area contributed by atoms with Crippen molar-refractivity contribution in [3.05, 3.63) is 66.6 Å². The number of pyridine rings is 1. The number of rotatable bonds is 6. The molecule has 0 fully saturated rings. The van der Waals surface area contributed by atoms with Gasteiger partial charge < -0.3 is 19.7 Å². The van der Waals surface area contributed by atoms with E-state index in [2.05, 4.69) is 10.3 Å². The van der Waals surface area contributed by atoms with Crippen LogP contribution in [0.1, 0.15) is 0 Å². The SMILES string of the molecule is COc1cc(Nc2ccc(Oc3cccc(N(C)C)c3)cn2)ccc1F. The number of halogens is 1. The Labute approximate surface area is 152 Å². The first kappa shape index (κ1) is 17.5. The molecular formula is C20H20FN3O2. The molecule has 0 amide bonds. The van der Waals surface area contributed by atoms with Crippen LogP contribution in [0.2, 0.25) is 0 Å². The van der Waals surface area contributed by atoms with Crippen LogP contribution in [0.25, 0.3) is 0 Å². The molecule has 2 aromatic carbocycles. The Morgan fingerprint density at radius 3 is 2.54 bits per heavy atom. The van der Waals surface area contributed by atoms with Crippen molar-refractivity contribution in [2.75, 3.05) is 31.4 Å². The van der Waals surface area contributed by atoms with Crippen LogP contribution in [0.5, 0.6) is 17.2 Å². The lowest BCUT2D eigenvalue weighted by Crippen LogP contribution is -2.08. The molecule has 1 N–H and O–H groups in total. The van der Waals surface area contributed by atoms with Gasteiger partial charge in [-0.05, 0) is 36.4 Å². The topological polar surface area (TPSA) is 46.6 Å². The number of benzene rings is 2. The zero-order valence-corrected chi connectivity index (χ0v) is 14.9. The lowest BCUT2D eigenvalue weighted by Gasteiger charge is -2.14. The summed E-state index contributed by atoms with van der Waals surface area (Å²) >= 11 is 0. The summed E-state index contributed by atoms with van der Waals surface area (Å²) in [5.41, 5.74) is 1.74. The van der Waals surface area contributed by atoms with E-state index in [0.29, 0.717) is 17.3 Å². The Kier molecular flexibility index (Phi) is 5.22. The number of hydrogen-bond donors (Lipinski definition) is 1. The fraction of sp³-hybridized carbons (Fsp3) is 0.150. The van der Waals surface area contributed by atoms with Gasteiger partial charge in [-0.2, -0.15) is 0 Å². The summed E-state index contributed by atoms with van der Waals surface area (Å²) in [6.07, 6.45) is 1.63. The highest BCUT2D eigenvalue weighted by Crippen LogP contribution is 2.27. The molecule has 0 aliphatic rings. The fourth-order valence-corrected chi connectivity index (χ4v) is 2.36. The largest absolute Gasteiger partial charge is 0.494 e. The van der Waals surface area contributed by atoms with Crippen molar-refractivity contribution in [1.82, 2.24) is 4.98 Å². The molecule has 3 aromatic rings. The van der Waals surface area contributed by atoms with E-state index in [-0.39, 0.29) is 5.75 Å². The van der Waals surface area contributed by atoms with E-state index in [4.69, 9.17) is 9.47 Å². The first-order valence-electron chi connectivity index (χ1n) is 8.07. The Morgan fingerprint density at radius 1 is 1.00 bits per heavy atom. The average molecular weight is 353 g/mol. The van der Waals surface area contributed by atoms with E-state index in [1.807, 2.05) is 49.3 Å². The summed E-state index contributed by atoms with van der Waals surface area (Å²) in [6.45, 7) is 0. The summed E-state index contributed by atoms with van der Waals surface area (Å²) in [5.74, 6) is 1.75. The van der Waals surface area contributed by atoms with Gasteiger partial charge in [-0.3, -0.25) is 0 Å². The van der Waals surface area contributed by atoms with Crippen LogP contribution in [0.15, 0.2) is 60.8 Å². The van der Waals surface area contributed by atoms with Gasteiger partial charge in [0.05, 0.1) is 13.3 Å². The molecule has 0 saturated carbocycles. The summed E-state index contributed by atoms with van der Waals surface area (Å²) in [7, 11) is 5.38. The van der Waals surface area contributed by atoms with Crippen LogP contribution in [-0.2, 0) is 0 Å². The van der Waals surface area contributed by atoms with Gasteiger partial charge in [-0.25, -0.2) is 9.37 Å². The maximum atomic E-state index is 13.5. The molecule has 0 aliphatic carbocycles. The molecule has 26 heavy (non-hydrogen) atoms. The predicted octanol–water partition coefficient (Wildman–Crippen LogP) is 4.83. The average Bonchev–Trinajstić information content (AvgIpc) is 2.65. The Morgan fingerprint density at radius 2 is 1.85 bits per heavy atom. The molecule has 0 saturated heterocycles. The van der Waals surface area contributed by atoms with E-state index < -0.39 is 5.82 Å². The zero-order valence-electron chi connectivity index (χ0n) is 14.9. The van der Waals surface area contributed by atoms with E-state index >= 15 is 0 Å². The second kappa shape index (κ2) is 7.74. The van der Waals surface area contributed by atoms with Crippen molar-refractivity contribution in [1.29, 1.82) is 0 Å². The van der Waals surface area contributed by atoms with Crippen molar-refractivity contribution >= 4 is 17.2 Å². The molecule has 134 valence electrons. The molecular weight excluding hydrogens is 333 g/mol. The molecule has 1 aromatic heterocycles. The lowest BCUT2D eigenvalue weighted by atomic mass is 10.3. The predicted molar refractivity (Wildman–Crippen MR) is 101 cm³/mol. The van der Waals surface area contributed by atoms with Crippen molar-refractivity contribution < 1.29 is 13.9 Å². The van der Waals surface area contributed by atoms with Gasteiger partial charge in [0.2, 0.25) is 0 Å². The third-order valence-corrected chi connectivity index (χ3v) is 3.73. The molecule has 0 radical (unpaired) electrons. The van der Waals surface area contributed by atoms with Crippen molar-refractivity contribution in [2.24, 2.45) is 0 Å². The molecule has 1 heterocycles. The number of anilines is 3. The molecule has 0 bridgehead atoms. The number of hydrogen-bond acceptors (Lipinski definition) is 5. The summed E-state index contributed by atoms with van der Waals surface area (Å²) in [5, 5.41) is 3.10. The Balaban J connectivity index is 1.70. The Hall–Kier alpha value is -3.28. The van der Waals surface area contributed by atoms with Crippen LogP contribution >= 0.6 is 0 Å². The van der Waals surface area contributed by atoms with E-state index in [1.54, 1.807) is 24.4 Å². The zero-order chi connectivity index (χ0) is 18.5. The van der Waals surface area contributed by atoms with Gasteiger partial charge in [-0.1, -0.05) is 6.07 Å². The summed E-state index contributed by atoms with van der Waals surface area (Å²) < 4.78 is 24.3.